The summed E-state index contributed by atoms with van der Waals surface area (Å²) in [7, 11) is 0. The van der Waals surface area contributed by atoms with Crippen molar-refractivity contribution in [1.29, 1.82) is 0 Å². The summed E-state index contributed by atoms with van der Waals surface area (Å²) in [5.74, 6) is 2.24. The Morgan fingerprint density at radius 1 is 0.814 bits per heavy atom. The summed E-state index contributed by atoms with van der Waals surface area (Å²) < 4.78 is 12.9. The van der Waals surface area contributed by atoms with E-state index in [1.165, 1.54) is 12.1 Å². The number of ether oxygens (including phenoxy) is 2. The first-order valence-corrected chi connectivity index (χ1v) is 16.3. The molecule has 0 saturated heterocycles. The Hall–Kier alpha value is -3.86. The SMILES string of the molecule is O=C1OC2(c3ccccc3Oc3cc(O)ccc32)c2ccc(NC(=S)SCCCCCCSc3cccc(O)c3O)cc21. The highest BCUT2D eigenvalue weighted by atomic mass is 32.2. The van der Waals surface area contributed by atoms with E-state index in [1.807, 2.05) is 42.5 Å². The van der Waals surface area contributed by atoms with Gasteiger partial charge in [-0.05, 0) is 61.1 Å². The lowest BCUT2D eigenvalue weighted by Gasteiger charge is -2.36. The maximum atomic E-state index is 13.3. The summed E-state index contributed by atoms with van der Waals surface area (Å²) in [6, 6.07) is 22.9. The Morgan fingerprint density at radius 2 is 1.58 bits per heavy atom. The van der Waals surface area contributed by atoms with Gasteiger partial charge in [0, 0.05) is 34.2 Å². The predicted molar refractivity (Wildman–Crippen MR) is 174 cm³/mol. The average molecular weight is 632 g/mol. The van der Waals surface area contributed by atoms with Crippen LogP contribution in [-0.4, -0.2) is 37.1 Å². The molecule has 43 heavy (non-hydrogen) atoms. The number of anilines is 1. The number of aromatic hydroxyl groups is 3. The monoisotopic (exact) mass is 631 g/mol. The molecule has 0 saturated carbocycles. The lowest BCUT2D eigenvalue weighted by molar-refractivity contribution is 0.0224. The van der Waals surface area contributed by atoms with Crippen molar-refractivity contribution in [2.24, 2.45) is 0 Å². The number of fused-ring (bicyclic) bond motifs is 6. The molecule has 2 aliphatic heterocycles. The third-order valence-electron chi connectivity index (χ3n) is 7.45. The van der Waals surface area contributed by atoms with Gasteiger partial charge in [0.2, 0.25) is 0 Å². The largest absolute Gasteiger partial charge is 0.508 e. The first kappa shape index (κ1) is 29.2. The number of phenols is 3. The van der Waals surface area contributed by atoms with Gasteiger partial charge in [-0.2, -0.15) is 0 Å². The zero-order valence-electron chi connectivity index (χ0n) is 23.0. The molecule has 2 heterocycles. The fourth-order valence-electron chi connectivity index (χ4n) is 5.43. The number of thiocarbonyl (C=S) groups is 1. The van der Waals surface area contributed by atoms with Crippen LogP contribution in [0.25, 0.3) is 0 Å². The van der Waals surface area contributed by atoms with Crippen molar-refractivity contribution < 1.29 is 29.6 Å². The number of benzene rings is 4. The highest BCUT2D eigenvalue weighted by molar-refractivity contribution is 8.23. The van der Waals surface area contributed by atoms with E-state index in [2.05, 4.69) is 5.32 Å². The van der Waals surface area contributed by atoms with E-state index in [4.69, 9.17) is 21.7 Å². The number of para-hydroxylation sites is 2. The van der Waals surface area contributed by atoms with Gasteiger partial charge in [0.25, 0.3) is 0 Å². The highest BCUT2D eigenvalue weighted by Gasteiger charge is 2.53. The van der Waals surface area contributed by atoms with Crippen LogP contribution in [0.4, 0.5) is 5.69 Å². The lowest BCUT2D eigenvalue weighted by Crippen LogP contribution is -2.32. The van der Waals surface area contributed by atoms with Gasteiger partial charge in [0.1, 0.15) is 21.6 Å². The molecule has 0 amide bonds. The molecule has 4 aromatic carbocycles. The van der Waals surface area contributed by atoms with Crippen molar-refractivity contribution in [2.75, 3.05) is 16.8 Å². The van der Waals surface area contributed by atoms with Crippen LogP contribution >= 0.6 is 35.7 Å². The van der Waals surface area contributed by atoms with Crippen molar-refractivity contribution in [1.82, 2.24) is 0 Å². The molecule has 0 aliphatic carbocycles. The van der Waals surface area contributed by atoms with E-state index in [1.54, 1.807) is 47.8 Å². The van der Waals surface area contributed by atoms with Gasteiger partial charge in [-0.15, -0.1) is 11.8 Å². The number of nitrogens with one attached hydrogen (secondary N) is 1. The van der Waals surface area contributed by atoms with Gasteiger partial charge < -0.3 is 30.1 Å². The third kappa shape index (κ3) is 5.74. The molecule has 0 fully saturated rings. The normalized spacial score (nSPS) is 16.1. The number of phenolic OH excluding ortho intramolecular Hbond substituents is 3. The van der Waals surface area contributed by atoms with Crippen molar-refractivity contribution >= 4 is 51.7 Å². The van der Waals surface area contributed by atoms with Crippen LogP contribution in [0.5, 0.6) is 28.7 Å². The molecule has 1 spiro atoms. The zero-order valence-corrected chi connectivity index (χ0v) is 25.5. The maximum absolute atomic E-state index is 13.3. The molecular formula is C33H29NO6S3. The minimum atomic E-state index is -1.18. The summed E-state index contributed by atoms with van der Waals surface area (Å²) in [5, 5.41) is 32.8. The number of hydrogen-bond donors (Lipinski definition) is 4. The second-order valence-electron chi connectivity index (χ2n) is 10.3. The fraction of sp³-hybridized carbons (Fsp3) is 0.212. The minimum absolute atomic E-state index is 0.0509. The third-order valence-corrected chi connectivity index (χ3v) is 9.89. The predicted octanol–water partition coefficient (Wildman–Crippen LogP) is 8.15. The van der Waals surface area contributed by atoms with Gasteiger partial charge in [-0.25, -0.2) is 4.79 Å². The van der Waals surface area contributed by atoms with Crippen molar-refractivity contribution in [3.05, 3.63) is 101 Å². The first-order chi connectivity index (χ1) is 20.9. The molecule has 0 radical (unpaired) electrons. The molecule has 10 heteroatoms. The van der Waals surface area contributed by atoms with Crippen LogP contribution in [0.2, 0.25) is 0 Å². The molecule has 0 aromatic heterocycles. The second kappa shape index (κ2) is 12.4. The zero-order chi connectivity index (χ0) is 30.0. The summed E-state index contributed by atoms with van der Waals surface area (Å²) in [4.78, 5) is 14.0. The summed E-state index contributed by atoms with van der Waals surface area (Å²) >= 11 is 8.69. The molecule has 1 unspecified atom stereocenters. The van der Waals surface area contributed by atoms with E-state index < -0.39 is 11.6 Å². The van der Waals surface area contributed by atoms with Crippen LogP contribution in [0.1, 0.15) is 52.7 Å². The van der Waals surface area contributed by atoms with Gasteiger partial charge in [-0.1, -0.05) is 67.2 Å². The molecule has 4 N–H and O–H groups in total. The quantitative estimate of drug-likeness (QED) is 0.0475. The Bertz CT molecular complexity index is 1710. The minimum Gasteiger partial charge on any atom is -0.508 e. The van der Waals surface area contributed by atoms with Crippen LogP contribution < -0.4 is 10.1 Å². The second-order valence-corrected chi connectivity index (χ2v) is 13.2. The fourth-order valence-corrected chi connectivity index (χ4v) is 7.51. The topological polar surface area (TPSA) is 108 Å². The smallest absolute Gasteiger partial charge is 0.340 e. The van der Waals surface area contributed by atoms with E-state index in [0.717, 1.165) is 42.8 Å². The number of unbranched alkanes of at least 4 members (excludes halogenated alkanes) is 3. The van der Waals surface area contributed by atoms with E-state index in [-0.39, 0.29) is 17.2 Å². The van der Waals surface area contributed by atoms with E-state index in [9.17, 15) is 20.1 Å². The molecule has 1 atom stereocenters. The number of esters is 1. The number of carbonyl (C=O) groups excluding carboxylic acids is 1. The molecular weight excluding hydrogens is 603 g/mol. The number of thioether (sulfide) groups is 2. The lowest BCUT2D eigenvalue weighted by atomic mass is 9.77. The van der Waals surface area contributed by atoms with Crippen LogP contribution in [0.15, 0.2) is 83.8 Å². The average Bonchev–Trinajstić information content (AvgIpc) is 3.28. The van der Waals surface area contributed by atoms with Gasteiger partial charge in [0.15, 0.2) is 17.1 Å². The van der Waals surface area contributed by atoms with E-state index in [0.29, 0.717) is 43.1 Å². The van der Waals surface area contributed by atoms with Gasteiger partial charge in [-0.3, -0.25) is 0 Å². The number of carbonyl (C=O) groups is 1. The van der Waals surface area contributed by atoms with E-state index >= 15 is 0 Å². The van der Waals surface area contributed by atoms with Crippen LogP contribution in [0, 0.1) is 0 Å². The number of hydrogen-bond acceptors (Lipinski definition) is 9. The van der Waals surface area contributed by atoms with Crippen LogP contribution in [0.3, 0.4) is 0 Å². The molecule has 6 rings (SSSR count). The van der Waals surface area contributed by atoms with Crippen LogP contribution in [-0.2, 0) is 10.3 Å². The summed E-state index contributed by atoms with van der Waals surface area (Å²) in [6.07, 6.45) is 4.17. The van der Waals surface area contributed by atoms with Gasteiger partial charge in [0.05, 0.1) is 10.5 Å². The maximum Gasteiger partial charge on any atom is 0.340 e. The first-order valence-electron chi connectivity index (χ1n) is 13.9. The molecule has 2 aliphatic rings. The molecule has 7 nitrogen and oxygen atoms in total. The van der Waals surface area contributed by atoms with Crippen molar-refractivity contribution in [3.8, 4) is 28.7 Å². The van der Waals surface area contributed by atoms with Gasteiger partial charge >= 0.3 is 5.97 Å². The van der Waals surface area contributed by atoms with Crippen molar-refractivity contribution in [3.63, 3.8) is 0 Å². The molecule has 4 aromatic rings. The Balaban J connectivity index is 1.05. The number of rotatable bonds is 9. The molecule has 0 bridgehead atoms. The summed E-state index contributed by atoms with van der Waals surface area (Å²) in [6.45, 7) is 0. The molecule has 220 valence electrons. The highest BCUT2D eigenvalue weighted by Crippen LogP contribution is 2.56. The summed E-state index contributed by atoms with van der Waals surface area (Å²) in [5.41, 5.74) is 2.07. The standard InChI is InChI=1S/C33H29NO6S3/c35-21-13-15-25-28(19-21)39-27-10-4-3-8-24(27)33(25)23-14-12-20(18-22(23)31(38)40-33)34-32(41)43-17-6-2-1-5-16-42-29-11-7-9-26(36)30(29)37/h3-4,7-15,18-19,35-37H,1-2,5-6,16-17H2,(H,34,41). The Kier molecular flexibility index (Phi) is 8.43. The Labute approximate surface area is 263 Å². The Morgan fingerprint density at radius 3 is 2.44 bits per heavy atom. The van der Waals surface area contributed by atoms with Crippen molar-refractivity contribution in [2.45, 2.75) is 36.2 Å².